The van der Waals surface area contributed by atoms with E-state index in [2.05, 4.69) is 0 Å². The molecule has 1 aromatic rings. The molecule has 0 saturated carbocycles. The van der Waals surface area contributed by atoms with E-state index in [-0.39, 0.29) is 11.7 Å². The van der Waals surface area contributed by atoms with Crippen LogP contribution in [-0.4, -0.2) is 23.5 Å². The van der Waals surface area contributed by atoms with E-state index in [1.165, 1.54) is 0 Å². The van der Waals surface area contributed by atoms with E-state index in [4.69, 9.17) is 4.74 Å². The number of fused-ring (bicyclic) bond motifs is 1. The van der Waals surface area contributed by atoms with Gasteiger partial charge in [-0.25, -0.2) is 4.79 Å². The Bertz CT molecular complexity index is 572. The Morgan fingerprint density at radius 1 is 1.23 bits per heavy atom. The highest BCUT2D eigenvalue weighted by Gasteiger charge is 2.38. The van der Waals surface area contributed by atoms with Crippen LogP contribution in [0.25, 0.3) is 0 Å². The van der Waals surface area contributed by atoms with Gasteiger partial charge in [-0.05, 0) is 45.2 Å². The molecule has 1 heterocycles. The lowest BCUT2D eigenvalue weighted by Crippen LogP contribution is -2.51. The highest BCUT2D eigenvalue weighted by molar-refractivity contribution is 6.00. The monoisotopic (exact) mass is 303 g/mol. The maximum atomic E-state index is 12.7. The van der Waals surface area contributed by atoms with Gasteiger partial charge in [0.1, 0.15) is 5.60 Å². The van der Waals surface area contributed by atoms with Gasteiger partial charge in [-0.3, -0.25) is 9.69 Å². The van der Waals surface area contributed by atoms with Crippen LogP contribution in [0.15, 0.2) is 24.3 Å². The Kier molecular flexibility index (Phi) is 4.59. The third-order valence-corrected chi connectivity index (χ3v) is 3.74. The number of aryl methyl sites for hydroxylation is 1. The number of ketones is 1. The molecule has 4 heteroatoms. The number of amides is 1. The highest BCUT2D eigenvalue weighted by Crippen LogP contribution is 2.33. The molecule has 22 heavy (non-hydrogen) atoms. The molecule has 4 nitrogen and oxygen atoms in total. The van der Waals surface area contributed by atoms with Crippen LogP contribution in [0.1, 0.15) is 46.6 Å². The first-order valence-corrected chi connectivity index (χ1v) is 7.84. The third kappa shape index (κ3) is 3.49. The molecule has 1 atom stereocenters. The van der Waals surface area contributed by atoms with Crippen molar-refractivity contribution in [3.05, 3.63) is 29.8 Å². The van der Waals surface area contributed by atoms with Crippen molar-refractivity contribution in [3.8, 4) is 0 Å². The van der Waals surface area contributed by atoms with Gasteiger partial charge in [0.25, 0.3) is 0 Å². The minimum absolute atomic E-state index is 0.0837. The smallest absolute Gasteiger partial charge is 0.415 e. The van der Waals surface area contributed by atoms with Crippen molar-refractivity contribution in [3.63, 3.8) is 0 Å². The standard InChI is InChI=1S/C18H25NO3/c1-12(2)16(20)15-11-10-13-8-6-7-9-14(13)19(15)17(21)22-18(3,4)5/h6-9,12,15H,10-11H2,1-5H3. The first kappa shape index (κ1) is 16.5. The molecule has 0 bridgehead atoms. The van der Waals surface area contributed by atoms with E-state index in [0.717, 1.165) is 17.7 Å². The Morgan fingerprint density at radius 3 is 2.45 bits per heavy atom. The summed E-state index contributed by atoms with van der Waals surface area (Å²) in [6.07, 6.45) is 1.00. The maximum Gasteiger partial charge on any atom is 0.415 e. The number of rotatable bonds is 2. The lowest BCUT2D eigenvalue weighted by atomic mass is 9.90. The molecule has 2 rings (SSSR count). The summed E-state index contributed by atoms with van der Waals surface area (Å²) >= 11 is 0. The minimum atomic E-state index is -0.588. The molecule has 0 aromatic heterocycles. The molecule has 0 saturated heterocycles. The summed E-state index contributed by atoms with van der Waals surface area (Å²) < 4.78 is 5.53. The molecule has 0 radical (unpaired) electrons. The molecule has 1 unspecified atom stereocenters. The van der Waals surface area contributed by atoms with Crippen molar-refractivity contribution < 1.29 is 14.3 Å². The van der Waals surface area contributed by atoms with E-state index < -0.39 is 17.7 Å². The summed E-state index contributed by atoms with van der Waals surface area (Å²) in [6, 6.07) is 7.29. The summed E-state index contributed by atoms with van der Waals surface area (Å²) in [6.45, 7) is 9.24. The van der Waals surface area contributed by atoms with Gasteiger partial charge in [0, 0.05) is 5.92 Å². The number of carbonyl (C=O) groups excluding carboxylic acids is 2. The number of carbonyl (C=O) groups is 2. The Balaban J connectivity index is 2.40. The third-order valence-electron chi connectivity index (χ3n) is 3.74. The van der Waals surface area contributed by atoms with Crippen LogP contribution in [-0.2, 0) is 16.0 Å². The van der Waals surface area contributed by atoms with Crippen LogP contribution in [0.4, 0.5) is 10.5 Å². The first-order valence-electron chi connectivity index (χ1n) is 7.84. The molecule has 120 valence electrons. The van der Waals surface area contributed by atoms with Crippen LogP contribution in [0.2, 0.25) is 0 Å². The lowest BCUT2D eigenvalue weighted by molar-refractivity contribution is -0.123. The summed E-state index contributed by atoms with van der Waals surface area (Å²) in [5.74, 6) is -0.0273. The summed E-state index contributed by atoms with van der Waals surface area (Å²) in [5, 5.41) is 0. The number of nitrogens with zero attached hydrogens (tertiary/aromatic N) is 1. The molecular weight excluding hydrogens is 278 g/mol. The molecule has 0 N–H and O–H groups in total. The predicted molar refractivity (Wildman–Crippen MR) is 87.1 cm³/mol. The molecule has 1 amide bonds. The van der Waals surface area contributed by atoms with E-state index >= 15 is 0 Å². The zero-order valence-electron chi connectivity index (χ0n) is 14.1. The van der Waals surface area contributed by atoms with Crippen molar-refractivity contribution in [2.75, 3.05) is 4.90 Å². The fourth-order valence-corrected chi connectivity index (χ4v) is 2.74. The van der Waals surface area contributed by atoms with Crippen LogP contribution >= 0.6 is 0 Å². The van der Waals surface area contributed by atoms with Crippen molar-refractivity contribution >= 4 is 17.6 Å². The summed E-state index contributed by atoms with van der Waals surface area (Å²) in [4.78, 5) is 26.8. The number of Topliss-reactive ketones (excluding diaryl/α,β-unsaturated/α-hetero) is 1. The second-order valence-corrected chi connectivity index (χ2v) is 7.09. The number of benzene rings is 1. The Morgan fingerprint density at radius 2 is 1.86 bits per heavy atom. The summed E-state index contributed by atoms with van der Waals surface area (Å²) in [5.41, 5.74) is 1.29. The largest absolute Gasteiger partial charge is 0.443 e. The quantitative estimate of drug-likeness (QED) is 0.830. The molecular formula is C18H25NO3. The van der Waals surface area contributed by atoms with Gasteiger partial charge < -0.3 is 4.74 Å². The van der Waals surface area contributed by atoms with Gasteiger partial charge in [-0.15, -0.1) is 0 Å². The van der Waals surface area contributed by atoms with Gasteiger partial charge >= 0.3 is 6.09 Å². The predicted octanol–water partition coefficient (Wildman–Crippen LogP) is 3.97. The van der Waals surface area contributed by atoms with Crippen molar-refractivity contribution in [2.24, 2.45) is 5.92 Å². The normalized spacial score (nSPS) is 18.1. The second kappa shape index (κ2) is 6.11. The maximum absolute atomic E-state index is 12.7. The lowest BCUT2D eigenvalue weighted by Gasteiger charge is -2.37. The van der Waals surface area contributed by atoms with Crippen LogP contribution < -0.4 is 4.90 Å². The van der Waals surface area contributed by atoms with Gasteiger partial charge in [-0.1, -0.05) is 32.0 Å². The Hall–Kier alpha value is -1.84. The van der Waals surface area contributed by atoms with Gasteiger partial charge in [0.15, 0.2) is 5.78 Å². The molecule has 0 aliphatic carbocycles. The van der Waals surface area contributed by atoms with Crippen molar-refractivity contribution in [1.82, 2.24) is 0 Å². The van der Waals surface area contributed by atoms with Crippen LogP contribution in [0.3, 0.4) is 0 Å². The molecule has 1 aromatic carbocycles. The summed E-state index contributed by atoms with van der Waals surface area (Å²) in [7, 11) is 0. The van der Waals surface area contributed by atoms with E-state index in [9.17, 15) is 9.59 Å². The van der Waals surface area contributed by atoms with E-state index in [1.807, 2.05) is 58.9 Å². The topological polar surface area (TPSA) is 46.6 Å². The fraction of sp³-hybridized carbons (Fsp3) is 0.556. The number of hydrogen-bond acceptors (Lipinski definition) is 3. The highest BCUT2D eigenvalue weighted by atomic mass is 16.6. The molecule has 0 fully saturated rings. The minimum Gasteiger partial charge on any atom is -0.443 e. The molecule has 0 spiro atoms. The van der Waals surface area contributed by atoms with E-state index in [1.54, 1.807) is 4.90 Å². The van der Waals surface area contributed by atoms with Gasteiger partial charge in [0.05, 0.1) is 11.7 Å². The zero-order valence-corrected chi connectivity index (χ0v) is 14.1. The van der Waals surface area contributed by atoms with Crippen molar-refractivity contribution in [2.45, 2.75) is 59.1 Å². The van der Waals surface area contributed by atoms with Crippen LogP contribution in [0, 0.1) is 5.92 Å². The van der Waals surface area contributed by atoms with Crippen LogP contribution in [0.5, 0.6) is 0 Å². The number of para-hydroxylation sites is 1. The average molecular weight is 303 g/mol. The second-order valence-electron chi connectivity index (χ2n) is 7.09. The number of anilines is 1. The van der Waals surface area contributed by atoms with Crippen molar-refractivity contribution in [1.29, 1.82) is 0 Å². The zero-order chi connectivity index (χ0) is 16.5. The fourth-order valence-electron chi connectivity index (χ4n) is 2.74. The van der Waals surface area contributed by atoms with E-state index in [0.29, 0.717) is 6.42 Å². The number of hydrogen-bond donors (Lipinski definition) is 0. The average Bonchev–Trinajstić information content (AvgIpc) is 2.43. The SMILES string of the molecule is CC(C)C(=O)C1CCc2ccccc2N1C(=O)OC(C)(C)C. The molecule has 1 aliphatic rings. The Labute approximate surface area is 132 Å². The van der Waals surface area contributed by atoms with Gasteiger partial charge in [-0.2, -0.15) is 0 Å². The molecule has 1 aliphatic heterocycles. The first-order chi connectivity index (χ1) is 10.2. The number of ether oxygens (including phenoxy) is 1. The van der Waals surface area contributed by atoms with Gasteiger partial charge in [0.2, 0.25) is 0 Å².